The summed E-state index contributed by atoms with van der Waals surface area (Å²) in [7, 11) is 0. The normalized spacial score (nSPS) is 10.3. The van der Waals surface area contributed by atoms with E-state index in [-0.39, 0.29) is 6.61 Å². The molecule has 2 aromatic carbocycles. The second kappa shape index (κ2) is 6.15. The van der Waals surface area contributed by atoms with Gasteiger partial charge in [-0.2, -0.15) is 5.26 Å². The van der Waals surface area contributed by atoms with Gasteiger partial charge in [-0.1, -0.05) is 42.5 Å². The molecule has 22 heavy (non-hydrogen) atoms. The van der Waals surface area contributed by atoms with Crippen molar-refractivity contribution in [1.82, 2.24) is 4.57 Å². The molecule has 0 atom stereocenters. The van der Waals surface area contributed by atoms with Crippen LogP contribution in [0.5, 0.6) is 0 Å². The van der Waals surface area contributed by atoms with Crippen molar-refractivity contribution >= 4 is 17.0 Å². The van der Waals surface area contributed by atoms with Crippen LogP contribution in [0.2, 0.25) is 0 Å². The fourth-order valence-corrected chi connectivity index (χ4v) is 2.42. The first-order valence-electron chi connectivity index (χ1n) is 6.96. The number of rotatable bonds is 3. The van der Waals surface area contributed by atoms with Gasteiger partial charge in [0.25, 0.3) is 0 Å². The molecule has 1 heterocycles. The lowest BCUT2D eigenvalue weighted by molar-refractivity contribution is 0.142. The van der Waals surface area contributed by atoms with E-state index in [4.69, 9.17) is 10.00 Å². The van der Waals surface area contributed by atoms with Crippen LogP contribution in [0, 0.1) is 11.3 Å². The first kappa shape index (κ1) is 13.9. The molecule has 0 fully saturated rings. The van der Waals surface area contributed by atoms with Crippen molar-refractivity contribution in [2.24, 2.45) is 0 Å². The summed E-state index contributed by atoms with van der Waals surface area (Å²) < 4.78 is 6.81. The molecule has 0 bridgehead atoms. The molecule has 0 saturated heterocycles. The predicted molar refractivity (Wildman–Crippen MR) is 83.3 cm³/mol. The molecule has 0 N–H and O–H groups in total. The van der Waals surface area contributed by atoms with Gasteiger partial charge in [0.05, 0.1) is 18.0 Å². The van der Waals surface area contributed by atoms with Gasteiger partial charge in [-0.05, 0) is 23.3 Å². The number of hydrogen-bond acceptors (Lipinski definition) is 3. The molecule has 4 heteroatoms. The summed E-state index contributed by atoms with van der Waals surface area (Å²) >= 11 is 0. The highest BCUT2D eigenvalue weighted by molar-refractivity contribution is 5.91. The monoisotopic (exact) mass is 290 g/mol. The molecule has 0 aliphatic carbocycles. The number of aromatic nitrogens is 1. The Hall–Kier alpha value is -3.06. The number of carbonyl (C=O) groups is 1. The van der Waals surface area contributed by atoms with Crippen LogP contribution in [0.25, 0.3) is 10.9 Å². The zero-order chi connectivity index (χ0) is 15.4. The number of benzene rings is 2. The largest absolute Gasteiger partial charge is 0.444 e. The SMILES string of the molecule is N#CCc1cccc2c1ccn2C(=O)OCc1ccccc1. The standard InChI is InChI=1S/C18H14N2O2/c19-11-9-15-7-4-8-17-16(15)10-12-20(17)18(21)22-13-14-5-2-1-3-6-14/h1-8,10,12H,9,13H2. The third-order valence-electron chi connectivity index (χ3n) is 3.49. The Morgan fingerprint density at radius 2 is 1.91 bits per heavy atom. The summed E-state index contributed by atoms with van der Waals surface area (Å²) in [6.07, 6.45) is 1.58. The van der Waals surface area contributed by atoms with E-state index in [1.165, 1.54) is 4.57 Å². The van der Waals surface area contributed by atoms with Gasteiger partial charge in [-0.25, -0.2) is 4.79 Å². The summed E-state index contributed by atoms with van der Waals surface area (Å²) in [5.74, 6) is 0. The lowest BCUT2D eigenvalue weighted by Crippen LogP contribution is -2.12. The number of hydrogen-bond donors (Lipinski definition) is 0. The van der Waals surface area contributed by atoms with Crippen molar-refractivity contribution in [2.45, 2.75) is 13.0 Å². The smallest absolute Gasteiger partial charge is 0.418 e. The van der Waals surface area contributed by atoms with Gasteiger partial charge in [0.2, 0.25) is 0 Å². The Morgan fingerprint density at radius 3 is 2.68 bits per heavy atom. The van der Waals surface area contributed by atoms with Crippen molar-refractivity contribution in [3.8, 4) is 6.07 Å². The number of carbonyl (C=O) groups excluding carboxylic acids is 1. The lowest BCUT2D eigenvalue weighted by atomic mass is 10.1. The first-order valence-corrected chi connectivity index (χ1v) is 6.96. The van der Waals surface area contributed by atoms with Crippen LogP contribution in [0.15, 0.2) is 60.8 Å². The van der Waals surface area contributed by atoms with Gasteiger partial charge in [-0.3, -0.25) is 4.57 Å². The van der Waals surface area contributed by atoms with Crippen molar-refractivity contribution in [3.05, 3.63) is 71.9 Å². The molecule has 0 aliphatic rings. The Kier molecular flexibility index (Phi) is 3.88. The summed E-state index contributed by atoms with van der Waals surface area (Å²) in [6, 6.07) is 19.1. The van der Waals surface area contributed by atoms with Gasteiger partial charge in [0.15, 0.2) is 0 Å². The molecule has 108 valence electrons. The average Bonchev–Trinajstić information content (AvgIpc) is 2.99. The topological polar surface area (TPSA) is 55.0 Å². The molecule has 4 nitrogen and oxygen atoms in total. The Bertz CT molecular complexity index is 844. The van der Waals surface area contributed by atoms with E-state index >= 15 is 0 Å². The van der Waals surface area contributed by atoms with Gasteiger partial charge >= 0.3 is 6.09 Å². The fraction of sp³-hybridized carbons (Fsp3) is 0.111. The van der Waals surface area contributed by atoms with E-state index in [1.54, 1.807) is 6.20 Å². The number of fused-ring (bicyclic) bond motifs is 1. The average molecular weight is 290 g/mol. The molecule has 0 radical (unpaired) electrons. The van der Waals surface area contributed by atoms with Crippen LogP contribution in [-0.4, -0.2) is 10.7 Å². The summed E-state index contributed by atoms with van der Waals surface area (Å²) in [6.45, 7) is 0.233. The second-order valence-corrected chi connectivity index (χ2v) is 4.91. The fourth-order valence-electron chi connectivity index (χ4n) is 2.42. The van der Waals surface area contributed by atoms with E-state index < -0.39 is 6.09 Å². The van der Waals surface area contributed by atoms with Crippen LogP contribution in [0.3, 0.4) is 0 Å². The zero-order valence-electron chi connectivity index (χ0n) is 11.9. The zero-order valence-corrected chi connectivity index (χ0v) is 11.9. The molecule has 3 aromatic rings. The predicted octanol–water partition coefficient (Wildman–Crippen LogP) is 3.89. The number of ether oxygens (including phenoxy) is 1. The summed E-state index contributed by atoms with van der Waals surface area (Å²) in [4.78, 5) is 12.2. The third kappa shape index (κ3) is 2.70. The maximum absolute atomic E-state index is 12.2. The minimum absolute atomic E-state index is 0.233. The third-order valence-corrected chi connectivity index (χ3v) is 3.49. The lowest BCUT2D eigenvalue weighted by Gasteiger charge is -2.07. The van der Waals surface area contributed by atoms with Crippen LogP contribution >= 0.6 is 0 Å². The highest BCUT2D eigenvalue weighted by Crippen LogP contribution is 2.21. The van der Waals surface area contributed by atoms with Gasteiger partial charge in [0.1, 0.15) is 6.61 Å². The molecule has 0 aliphatic heterocycles. The Balaban J connectivity index is 1.83. The Labute approximate surface area is 128 Å². The molecule has 0 saturated carbocycles. The highest BCUT2D eigenvalue weighted by atomic mass is 16.5. The number of nitrogens with zero attached hydrogens (tertiary/aromatic N) is 2. The second-order valence-electron chi connectivity index (χ2n) is 4.91. The van der Waals surface area contributed by atoms with Crippen molar-refractivity contribution in [2.75, 3.05) is 0 Å². The van der Waals surface area contributed by atoms with Gasteiger partial charge < -0.3 is 4.74 Å². The van der Waals surface area contributed by atoms with E-state index in [1.807, 2.05) is 54.6 Å². The van der Waals surface area contributed by atoms with Gasteiger partial charge in [-0.15, -0.1) is 0 Å². The molecule has 1 aromatic heterocycles. The molecule has 3 rings (SSSR count). The van der Waals surface area contributed by atoms with Crippen molar-refractivity contribution in [3.63, 3.8) is 0 Å². The van der Waals surface area contributed by atoms with E-state index in [9.17, 15) is 4.79 Å². The molecular weight excluding hydrogens is 276 g/mol. The van der Waals surface area contributed by atoms with Gasteiger partial charge in [0, 0.05) is 11.6 Å². The minimum atomic E-state index is -0.423. The maximum atomic E-state index is 12.2. The molecule has 0 unspecified atom stereocenters. The molecule has 0 amide bonds. The van der Waals surface area contributed by atoms with E-state index in [2.05, 4.69) is 6.07 Å². The Morgan fingerprint density at radius 1 is 1.09 bits per heavy atom. The van der Waals surface area contributed by atoms with Crippen LogP contribution < -0.4 is 0 Å². The van der Waals surface area contributed by atoms with Crippen LogP contribution in [-0.2, 0) is 17.8 Å². The molecule has 0 spiro atoms. The quantitative estimate of drug-likeness (QED) is 0.735. The first-order chi connectivity index (χ1) is 10.8. The van der Waals surface area contributed by atoms with E-state index in [0.717, 1.165) is 22.0 Å². The van der Waals surface area contributed by atoms with Crippen LogP contribution in [0.1, 0.15) is 11.1 Å². The number of nitriles is 1. The maximum Gasteiger partial charge on any atom is 0.418 e. The summed E-state index contributed by atoms with van der Waals surface area (Å²) in [5, 5.41) is 9.76. The molecular formula is C18H14N2O2. The summed E-state index contributed by atoms with van der Waals surface area (Å²) in [5.41, 5.74) is 2.61. The minimum Gasteiger partial charge on any atom is -0.444 e. The van der Waals surface area contributed by atoms with Crippen molar-refractivity contribution < 1.29 is 9.53 Å². The van der Waals surface area contributed by atoms with E-state index in [0.29, 0.717) is 6.42 Å². The highest BCUT2D eigenvalue weighted by Gasteiger charge is 2.12. The van der Waals surface area contributed by atoms with Crippen molar-refractivity contribution in [1.29, 1.82) is 5.26 Å². The van der Waals surface area contributed by atoms with Crippen LogP contribution in [0.4, 0.5) is 4.79 Å².